The van der Waals surface area contributed by atoms with E-state index in [1.807, 2.05) is 36.4 Å². The van der Waals surface area contributed by atoms with Crippen molar-refractivity contribution in [2.75, 3.05) is 0 Å². The van der Waals surface area contributed by atoms with Crippen LogP contribution in [0.5, 0.6) is 0 Å². The van der Waals surface area contributed by atoms with Crippen LogP contribution in [0.25, 0.3) is 0 Å². The Morgan fingerprint density at radius 3 is 2.00 bits per heavy atom. The van der Waals surface area contributed by atoms with Gasteiger partial charge in [0.2, 0.25) is 0 Å². The number of hydrogen-bond donors (Lipinski definition) is 0. The average Bonchev–Trinajstić information content (AvgIpc) is 2.40. The Kier molecular flexibility index (Phi) is 4.44. The molecule has 0 aliphatic heterocycles. The summed E-state index contributed by atoms with van der Waals surface area (Å²) in [6.07, 6.45) is 0.447. The molecular formula is C18H19BrO. The Balaban J connectivity index is 2.11. The Labute approximate surface area is 129 Å². The van der Waals surface area contributed by atoms with Crippen LogP contribution in [0, 0.1) is 0 Å². The van der Waals surface area contributed by atoms with Crippen LogP contribution in [-0.2, 0) is 11.8 Å². The zero-order chi connectivity index (χ0) is 14.8. The van der Waals surface area contributed by atoms with E-state index in [4.69, 9.17) is 0 Å². The molecule has 0 amide bonds. The predicted octanol–water partition coefficient (Wildman–Crippen LogP) is 5.17. The van der Waals surface area contributed by atoms with Gasteiger partial charge in [-0.3, -0.25) is 4.79 Å². The van der Waals surface area contributed by atoms with Crippen LogP contribution in [-0.4, -0.2) is 5.78 Å². The molecule has 0 heterocycles. The van der Waals surface area contributed by atoms with Gasteiger partial charge in [0, 0.05) is 16.5 Å². The fourth-order valence-electron chi connectivity index (χ4n) is 2.05. The van der Waals surface area contributed by atoms with Gasteiger partial charge in [-0.15, -0.1) is 0 Å². The standard InChI is InChI=1S/C18H19BrO/c1-18(2,3)15-8-6-14(7-9-15)17(20)12-13-4-10-16(19)11-5-13/h4-11H,12H2,1-3H3. The Morgan fingerprint density at radius 1 is 0.950 bits per heavy atom. The van der Waals surface area contributed by atoms with Crippen molar-refractivity contribution in [2.24, 2.45) is 0 Å². The Morgan fingerprint density at radius 2 is 1.50 bits per heavy atom. The summed E-state index contributed by atoms with van der Waals surface area (Å²) in [7, 11) is 0. The fraction of sp³-hybridized carbons (Fsp3) is 0.278. The van der Waals surface area contributed by atoms with Crippen LogP contribution in [0.1, 0.15) is 42.3 Å². The number of rotatable bonds is 3. The monoisotopic (exact) mass is 330 g/mol. The zero-order valence-corrected chi connectivity index (χ0v) is 13.7. The molecule has 2 aromatic rings. The molecule has 0 aromatic heterocycles. The van der Waals surface area contributed by atoms with Crippen molar-refractivity contribution >= 4 is 21.7 Å². The zero-order valence-electron chi connectivity index (χ0n) is 12.1. The highest BCUT2D eigenvalue weighted by Crippen LogP contribution is 2.22. The molecule has 0 spiro atoms. The summed E-state index contributed by atoms with van der Waals surface area (Å²) in [6.45, 7) is 6.52. The van der Waals surface area contributed by atoms with Crippen LogP contribution in [0.2, 0.25) is 0 Å². The van der Waals surface area contributed by atoms with E-state index < -0.39 is 0 Å². The van der Waals surface area contributed by atoms with Crippen LogP contribution < -0.4 is 0 Å². The van der Waals surface area contributed by atoms with Gasteiger partial charge in [0.25, 0.3) is 0 Å². The molecule has 2 heteroatoms. The molecule has 0 aliphatic rings. The normalized spacial score (nSPS) is 11.4. The van der Waals surface area contributed by atoms with Crippen molar-refractivity contribution < 1.29 is 4.79 Å². The molecule has 20 heavy (non-hydrogen) atoms. The van der Waals surface area contributed by atoms with Gasteiger partial charge in [-0.25, -0.2) is 0 Å². The van der Waals surface area contributed by atoms with Crippen LogP contribution in [0.4, 0.5) is 0 Å². The van der Waals surface area contributed by atoms with Crippen molar-refractivity contribution in [3.63, 3.8) is 0 Å². The van der Waals surface area contributed by atoms with E-state index >= 15 is 0 Å². The smallest absolute Gasteiger partial charge is 0.167 e. The lowest BCUT2D eigenvalue weighted by molar-refractivity contribution is 0.0993. The molecule has 0 radical (unpaired) electrons. The molecular weight excluding hydrogens is 312 g/mol. The van der Waals surface area contributed by atoms with Gasteiger partial charge in [0.05, 0.1) is 0 Å². The lowest BCUT2D eigenvalue weighted by Gasteiger charge is -2.19. The second kappa shape index (κ2) is 5.92. The second-order valence-electron chi connectivity index (χ2n) is 6.05. The molecule has 0 N–H and O–H groups in total. The minimum Gasteiger partial charge on any atom is -0.294 e. The predicted molar refractivity (Wildman–Crippen MR) is 87.3 cm³/mol. The maximum absolute atomic E-state index is 12.2. The van der Waals surface area contributed by atoms with Gasteiger partial charge in [-0.2, -0.15) is 0 Å². The molecule has 2 aromatic carbocycles. The maximum atomic E-state index is 12.2. The molecule has 104 valence electrons. The molecule has 0 aliphatic carbocycles. The average molecular weight is 331 g/mol. The number of hydrogen-bond acceptors (Lipinski definition) is 1. The number of benzene rings is 2. The topological polar surface area (TPSA) is 17.1 Å². The molecule has 2 rings (SSSR count). The van der Waals surface area contributed by atoms with E-state index in [2.05, 4.69) is 48.8 Å². The molecule has 0 saturated heterocycles. The Hall–Kier alpha value is -1.41. The largest absolute Gasteiger partial charge is 0.294 e. The van der Waals surface area contributed by atoms with Crippen molar-refractivity contribution in [3.05, 3.63) is 69.7 Å². The first kappa shape index (κ1) is 15.0. The van der Waals surface area contributed by atoms with Crippen molar-refractivity contribution in [3.8, 4) is 0 Å². The minimum absolute atomic E-state index is 0.118. The van der Waals surface area contributed by atoms with Crippen molar-refractivity contribution in [2.45, 2.75) is 32.6 Å². The van der Waals surface area contributed by atoms with E-state index in [0.29, 0.717) is 6.42 Å². The first-order chi connectivity index (χ1) is 9.36. The molecule has 0 atom stereocenters. The summed E-state index contributed by atoms with van der Waals surface area (Å²) in [5, 5.41) is 0. The van der Waals surface area contributed by atoms with E-state index in [-0.39, 0.29) is 11.2 Å². The molecule has 1 nitrogen and oxygen atoms in total. The summed E-state index contributed by atoms with van der Waals surface area (Å²) in [4.78, 5) is 12.2. The van der Waals surface area contributed by atoms with Gasteiger partial charge in [0.15, 0.2) is 5.78 Å². The lowest BCUT2D eigenvalue weighted by atomic mass is 9.86. The highest BCUT2D eigenvalue weighted by atomic mass is 79.9. The van der Waals surface area contributed by atoms with E-state index in [1.165, 1.54) is 5.56 Å². The lowest BCUT2D eigenvalue weighted by Crippen LogP contribution is -2.11. The van der Waals surface area contributed by atoms with Gasteiger partial charge in [-0.05, 0) is 28.7 Å². The van der Waals surface area contributed by atoms with Crippen molar-refractivity contribution in [1.82, 2.24) is 0 Å². The quantitative estimate of drug-likeness (QED) is 0.709. The number of Topliss-reactive ketones (excluding diaryl/α,β-unsaturated/α-hetero) is 1. The molecule has 0 fully saturated rings. The van der Waals surface area contributed by atoms with E-state index in [0.717, 1.165) is 15.6 Å². The first-order valence-corrected chi connectivity index (χ1v) is 7.54. The van der Waals surface area contributed by atoms with Gasteiger partial charge in [0.1, 0.15) is 0 Å². The number of carbonyl (C=O) groups is 1. The third-order valence-electron chi connectivity index (χ3n) is 3.35. The summed E-state index contributed by atoms with van der Waals surface area (Å²) >= 11 is 3.40. The summed E-state index contributed by atoms with van der Waals surface area (Å²) in [5.74, 6) is 0.160. The van der Waals surface area contributed by atoms with E-state index in [1.54, 1.807) is 0 Å². The van der Waals surface area contributed by atoms with Gasteiger partial charge < -0.3 is 0 Å². The van der Waals surface area contributed by atoms with Crippen LogP contribution in [0.15, 0.2) is 53.0 Å². The third-order valence-corrected chi connectivity index (χ3v) is 3.88. The van der Waals surface area contributed by atoms with Gasteiger partial charge in [-0.1, -0.05) is 73.1 Å². The molecule has 0 unspecified atom stereocenters. The number of carbonyl (C=O) groups excluding carboxylic acids is 1. The molecule has 0 saturated carbocycles. The summed E-state index contributed by atoms with van der Waals surface area (Å²) in [6, 6.07) is 15.8. The third kappa shape index (κ3) is 3.80. The summed E-state index contributed by atoms with van der Waals surface area (Å²) in [5.41, 5.74) is 3.18. The SMILES string of the molecule is CC(C)(C)c1ccc(C(=O)Cc2ccc(Br)cc2)cc1. The fourth-order valence-corrected chi connectivity index (χ4v) is 2.31. The molecule has 0 bridgehead atoms. The Bertz CT molecular complexity index is 589. The van der Waals surface area contributed by atoms with E-state index in [9.17, 15) is 4.79 Å². The number of halogens is 1. The first-order valence-electron chi connectivity index (χ1n) is 6.74. The van der Waals surface area contributed by atoms with Crippen LogP contribution >= 0.6 is 15.9 Å². The highest BCUT2D eigenvalue weighted by molar-refractivity contribution is 9.10. The minimum atomic E-state index is 0.118. The maximum Gasteiger partial charge on any atom is 0.167 e. The highest BCUT2D eigenvalue weighted by Gasteiger charge is 2.14. The van der Waals surface area contributed by atoms with Gasteiger partial charge >= 0.3 is 0 Å². The van der Waals surface area contributed by atoms with Crippen molar-refractivity contribution in [1.29, 1.82) is 0 Å². The second-order valence-corrected chi connectivity index (χ2v) is 6.97. The summed E-state index contributed by atoms with van der Waals surface area (Å²) < 4.78 is 1.03. The van der Waals surface area contributed by atoms with Crippen LogP contribution in [0.3, 0.4) is 0 Å². The number of ketones is 1.